The molecule has 0 aliphatic carbocycles. The van der Waals surface area contributed by atoms with Crippen molar-refractivity contribution < 1.29 is 39.3 Å². The number of hydrogen-bond acceptors (Lipinski definition) is 7. The van der Waals surface area contributed by atoms with Gasteiger partial charge in [-0.3, -0.25) is 19.2 Å². The predicted molar refractivity (Wildman–Crippen MR) is 130 cm³/mol. The third kappa shape index (κ3) is 9.90. The summed E-state index contributed by atoms with van der Waals surface area (Å²) in [5.41, 5.74) is 6.30. The van der Waals surface area contributed by atoms with Gasteiger partial charge >= 0.3 is 11.9 Å². The predicted octanol–water partition coefficient (Wildman–Crippen LogP) is -0.0222. The van der Waals surface area contributed by atoms with E-state index < -0.39 is 65.7 Å². The Morgan fingerprint density at radius 2 is 1.28 bits per heavy atom. The Kier molecular flexibility index (Phi) is 11.8. The van der Waals surface area contributed by atoms with E-state index in [1.807, 2.05) is 0 Å². The van der Waals surface area contributed by atoms with E-state index in [1.54, 1.807) is 27.7 Å². The van der Waals surface area contributed by atoms with Crippen LogP contribution < -0.4 is 21.7 Å². The topological polar surface area (TPSA) is 208 Å². The van der Waals surface area contributed by atoms with Crippen molar-refractivity contribution in [3.05, 3.63) is 29.8 Å². The highest BCUT2D eigenvalue weighted by Gasteiger charge is 2.33. The normalized spacial score (nSPS) is 14.4. The molecule has 8 N–H and O–H groups in total. The molecule has 1 rings (SSSR count). The van der Waals surface area contributed by atoms with Crippen LogP contribution in [0.4, 0.5) is 0 Å². The van der Waals surface area contributed by atoms with Crippen LogP contribution in [0.5, 0.6) is 5.75 Å². The molecule has 12 nitrogen and oxygen atoms in total. The van der Waals surface area contributed by atoms with Gasteiger partial charge in [-0.15, -0.1) is 0 Å². The molecule has 200 valence electrons. The molecule has 0 saturated heterocycles. The number of carboxylic acids is 2. The van der Waals surface area contributed by atoms with Crippen LogP contribution in [-0.4, -0.2) is 69.1 Å². The van der Waals surface area contributed by atoms with E-state index in [2.05, 4.69) is 16.0 Å². The highest BCUT2D eigenvalue weighted by atomic mass is 16.4. The third-order valence-corrected chi connectivity index (χ3v) is 5.49. The maximum absolute atomic E-state index is 13.0. The average Bonchev–Trinajstić information content (AvgIpc) is 2.79. The molecule has 0 radical (unpaired) electrons. The SMILES string of the molecule is CC(C)C(NC(=O)C(N)CCC(=O)O)C(=O)NC(C(=O)NC(Cc1ccc(O)cc1)C(=O)O)C(C)C. The van der Waals surface area contributed by atoms with Gasteiger partial charge in [-0.25, -0.2) is 4.79 Å². The van der Waals surface area contributed by atoms with Crippen molar-refractivity contribution in [2.24, 2.45) is 17.6 Å². The van der Waals surface area contributed by atoms with Gasteiger partial charge in [-0.1, -0.05) is 39.8 Å². The average molecular weight is 509 g/mol. The monoisotopic (exact) mass is 508 g/mol. The minimum atomic E-state index is -1.28. The Morgan fingerprint density at radius 1 is 0.806 bits per heavy atom. The molecule has 0 aliphatic rings. The maximum atomic E-state index is 13.0. The van der Waals surface area contributed by atoms with Crippen LogP contribution in [0.3, 0.4) is 0 Å². The fourth-order valence-electron chi connectivity index (χ4n) is 3.31. The van der Waals surface area contributed by atoms with Crippen molar-refractivity contribution >= 4 is 29.7 Å². The summed E-state index contributed by atoms with van der Waals surface area (Å²) in [5.74, 6) is -5.24. The Hall–Kier alpha value is -3.67. The number of hydrogen-bond donors (Lipinski definition) is 7. The second kappa shape index (κ2) is 14.0. The number of carbonyl (C=O) groups excluding carboxylic acids is 3. The lowest BCUT2D eigenvalue weighted by molar-refractivity contribution is -0.142. The van der Waals surface area contributed by atoms with Gasteiger partial charge in [-0.2, -0.15) is 0 Å². The third-order valence-electron chi connectivity index (χ3n) is 5.49. The summed E-state index contributed by atoms with van der Waals surface area (Å²) in [4.78, 5) is 60.8. The Balaban J connectivity index is 2.92. The van der Waals surface area contributed by atoms with Gasteiger partial charge in [0.15, 0.2) is 0 Å². The molecule has 3 amide bonds. The summed E-state index contributed by atoms with van der Waals surface area (Å²) in [6.45, 7) is 6.70. The van der Waals surface area contributed by atoms with E-state index in [9.17, 15) is 34.2 Å². The first-order chi connectivity index (χ1) is 16.7. The van der Waals surface area contributed by atoms with Crippen molar-refractivity contribution in [3.63, 3.8) is 0 Å². The van der Waals surface area contributed by atoms with Crippen molar-refractivity contribution in [1.29, 1.82) is 0 Å². The first kappa shape index (κ1) is 30.4. The summed E-state index contributed by atoms with van der Waals surface area (Å²) < 4.78 is 0. The van der Waals surface area contributed by atoms with Gasteiger partial charge in [-0.05, 0) is 36.0 Å². The number of carboxylic acid groups (broad SMARTS) is 2. The zero-order chi connectivity index (χ0) is 27.6. The number of nitrogens with two attached hydrogens (primary N) is 1. The minimum Gasteiger partial charge on any atom is -0.508 e. The summed E-state index contributed by atoms with van der Waals surface area (Å²) in [6.07, 6.45) is -0.459. The minimum absolute atomic E-state index is 0.0203. The van der Waals surface area contributed by atoms with Crippen LogP contribution in [0.15, 0.2) is 24.3 Å². The highest BCUT2D eigenvalue weighted by molar-refractivity contribution is 5.94. The molecule has 0 spiro atoms. The van der Waals surface area contributed by atoms with Gasteiger partial charge in [0, 0.05) is 12.8 Å². The van der Waals surface area contributed by atoms with Crippen molar-refractivity contribution in [1.82, 2.24) is 16.0 Å². The van der Waals surface area contributed by atoms with E-state index in [-0.39, 0.29) is 25.0 Å². The Morgan fingerprint density at radius 3 is 1.72 bits per heavy atom. The Labute approximate surface area is 209 Å². The summed E-state index contributed by atoms with van der Waals surface area (Å²) in [7, 11) is 0. The van der Waals surface area contributed by atoms with Crippen LogP contribution in [0.2, 0.25) is 0 Å². The summed E-state index contributed by atoms with van der Waals surface area (Å²) >= 11 is 0. The first-order valence-electron chi connectivity index (χ1n) is 11.6. The number of aliphatic carboxylic acids is 2. The van der Waals surface area contributed by atoms with E-state index >= 15 is 0 Å². The molecule has 0 fully saturated rings. The molecule has 4 unspecified atom stereocenters. The fourth-order valence-corrected chi connectivity index (χ4v) is 3.31. The van der Waals surface area contributed by atoms with E-state index in [1.165, 1.54) is 24.3 Å². The largest absolute Gasteiger partial charge is 0.508 e. The summed E-state index contributed by atoms with van der Waals surface area (Å²) in [5, 5.41) is 35.3. The molecule has 0 bridgehead atoms. The van der Waals surface area contributed by atoms with Gasteiger partial charge in [0.1, 0.15) is 23.9 Å². The molecule has 0 heterocycles. The molecule has 1 aromatic carbocycles. The Bertz CT molecular complexity index is 933. The lowest BCUT2D eigenvalue weighted by Crippen LogP contribution is -2.59. The number of phenols is 1. The smallest absolute Gasteiger partial charge is 0.326 e. The summed E-state index contributed by atoms with van der Waals surface area (Å²) in [6, 6.07) is 1.31. The van der Waals surface area contributed by atoms with Crippen molar-refractivity contribution in [2.75, 3.05) is 0 Å². The van der Waals surface area contributed by atoms with Crippen LogP contribution >= 0.6 is 0 Å². The molecule has 0 aromatic heterocycles. The molecule has 4 atom stereocenters. The van der Waals surface area contributed by atoms with Gasteiger partial charge in [0.2, 0.25) is 17.7 Å². The highest BCUT2D eigenvalue weighted by Crippen LogP contribution is 2.13. The maximum Gasteiger partial charge on any atom is 0.326 e. The number of nitrogens with one attached hydrogen (secondary N) is 3. The molecule has 0 saturated carbocycles. The van der Waals surface area contributed by atoms with E-state index in [4.69, 9.17) is 10.8 Å². The number of benzene rings is 1. The molecule has 12 heteroatoms. The van der Waals surface area contributed by atoms with E-state index in [0.717, 1.165) is 0 Å². The van der Waals surface area contributed by atoms with Crippen molar-refractivity contribution in [3.8, 4) is 5.75 Å². The standard InChI is InChI=1S/C24H36N4O8/c1-12(2)19(22(33)26-17(24(35)36)11-14-5-7-15(29)8-6-14)28-23(34)20(13(3)4)27-21(32)16(25)9-10-18(30)31/h5-8,12-13,16-17,19-20,29H,9-11,25H2,1-4H3,(H,26,33)(H,27,32)(H,28,34)(H,30,31)(H,35,36). The van der Waals surface area contributed by atoms with E-state index in [0.29, 0.717) is 5.56 Å². The molecule has 0 aliphatic heterocycles. The second-order valence-corrected chi connectivity index (χ2v) is 9.27. The molecular weight excluding hydrogens is 472 g/mol. The zero-order valence-corrected chi connectivity index (χ0v) is 20.9. The van der Waals surface area contributed by atoms with Gasteiger partial charge < -0.3 is 37.0 Å². The van der Waals surface area contributed by atoms with Crippen LogP contribution in [0, 0.1) is 11.8 Å². The number of phenolic OH excluding ortho intramolecular Hbond substituents is 1. The molecular formula is C24H36N4O8. The van der Waals surface area contributed by atoms with Gasteiger partial charge in [0.05, 0.1) is 6.04 Å². The van der Waals surface area contributed by atoms with Crippen LogP contribution in [0.25, 0.3) is 0 Å². The van der Waals surface area contributed by atoms with Crippen molar-refractivity contribution in [2.45, 2.75) is 71.1 Å². The lowest BCUT2D eigenvalue weighted by atomic mass is 9.98. The molecule has 36 heavy (non-hydrogen) atoms. The number of rotatable bonds is 14. The quantitative estimate of drug-likeness (QED) is 0.180. The zero-order valence-electron chi connectivity index (χ0n) is 20.9. The fraction of sp³-hybridized carbons (Fsp3) is 0.542. The number of amides is 3. The number of aromatic hydroxyl groups is 1. The second-order valence-electron chi connectivity index (χ2n) is 9.27. The lowest BCUT2D eigenvalue weighted by Gasteiger charge is -2.28. The first-order valence-corrected chi connectivity index (χ1v) is 11.6. The van der Waals surface area contributed by atoms with Crippen LogP contribution in [-0.2, 0) is 30.4 Å². The molecule has 1 aromatic rings. The van der Waals surface area contributed by atoms with Crippen LogP contribution in [0.1, 0.15) is 46.1 Å². The van der Waals surface area contributed by atoms with Gasteiger partial charge in [0.25, 0.3) is 0 Å². The number of carbonyl (C=O) groups is 5.